The minimum Gasteiger partial charge on any atom is -0.356 e. The zero-order chi connectivity index (χ0) is 20.8. The number of nitrogens with zero attached hydrogens (tertiary/aromatic N) is 2. The number of benzene rings is 2. The van der Waals surface area contributed by atoms with Crippen molar-refractivity contribution in [2.45, 2.75) is 25.8 Å². The zero-order valence-electron chi connectivity index (χ0n) is 16.6. The number of amides is 1. The molecule has 2 aromatic carbocycles. The van der Waals surface area contributed by atoms with Crippen LogP contribution in [0.2, 0.25) is 0 Å². The number of rotatable bonds is 6. The number of para-hydroxylation sites is 1. The number of nitriles is 1. The molecule has 6 heteroatoms. The van der Waals surface area contributed by atoms with Gasteiger partial charge in [0, 0.05) is 22.8 Å². The minimum atomic E-state index is -0.139. The highest BCUT2D eigenvalue weighted by atomic mass is 32.2. The van der Waals surface area contributed by atoms with Crippen molar-refractivity contribution in [3.8, 4) is 6.07 Å². The summed E-state index contributed by atoms with van der Waals surface area (Å²) in [5, 5.41) is 16.2. The lowest BCUT2D eigenvalue weighted by Gasteiger charge is -2.11. The largest absolute Gasteiger partial charge is 0.356 e. The van der Waals surface area contributed by atoms with Crippen LogP contribution in [-0.4, -0.2) is 16.6 Å². The highest BCUT2D eigenvalue weighted by Crippen LogP contribution is 2.26. The van der Waals surface area contributed by atoms with E-state index in [1.165, 1.54) is 11.8 Å². The van der Waals surface area contributed by atoms with Crippen LogP contribution in [0.3, 0.4) is 0 Å². The maximum Gasteiger partial charge on any atom is 0.234 e. The molecule has 0 spiro atoms. The molecule has 0 unspecified atom stereocenters. The number of hydrogen-bond acceptors (Lipinski definition) is 5. The van der Waals surface area contributed by atoms with Crippen LogP contribution in [0.25, 0.3) is 0 Å². The second kappa shape index (κ2) is 9.26. The molecule has 0 radical (unpaired) electrons. The van der Waals surface area contributed by atoms with Gasteiger partial charge in [-0.05, 0) is 68.3 Å². The molecule has 0 atom stereocenters. The number of nitrogens with one attached hydrogen (secondary N) is 2. The van der Waals surface area contributed by atoms with E-state index in [4.69, 9.17) is 0 Å². The fourth-order valence-corrected chi connectivity index (χ4v) is 3.69. The lowest BCUT2D eigenvalue weighted by molar-refractivity contribution is -0.113. The van der Waals surface area contributed by atoms with Gasteiger partial charge >= 0.3 is 0 Å². The van der Waals surface area contributed by atoms with Crippen molar-refractivity contribution >= 4 is 34.7 Å². The summed E-state index contributed by atoms with van der Waals surface area (Å²) in [5.74, 6) is 0.0496. The second-order valence-corrected chi connectivity index (χ2v) is 7.61. The Morgan fingerprint density at radius 3 is 2.24 bits per heavy atom. The number of aryl methyl sites for hydroxylation is 1. The quantitative estimate of drug-likeness (QED) is 0.543. The SMILES string of the molecule is Cc1nc(SCC(=O)Nc2ccc(Nc3ccccc3)cc2)c(C#N)c(C)c1C. The fourth-order valence-electron chi connectivity index (χ4n) is 2.80. The number of carbonyl (C=O) groups is 1. The van der Waals surface area contributed by atoms with Gasteiger partial charge < -0.3 is 10.6 Å². The van der Waals surface area contributed by atoms with Gasteiger partial charge in [-0.2, -0.15) is 5.26 Å². The fraction of sp³-hybridized carbons (Fsp3) is 0.174. The summed E-state index contributed by atoms with van der Waals surface area (Å²) in [5.41, 5.74) is 6.03. The molecule has 1 amide bonds. The van der Waals surface area contributed by atoms with E-state index in [0.717, 1.165) is 33.9 Å². The molecule has 29 heavy (non-hydrogen) atoms. The molecule has 3 aromatic rings. The lowest BCUT2D eigenvalue weighted by Crippen LogP contribution is -2.14. The van der Waals surface area contributed by atoms with Gasteiger partial charge in [0.2, 0.25) is 5.91 Å². The first-order chi connectivity index (χ1) is 14.0. The number of hydrogen-bond donors (Lipinski definition) is 2. The molecule has 0 aliphatic heterocycles. The predicted molar refractivity (Wildman–Crippen MR) is 119 cm³/mol. The van der Waals surface area contributed by atoms with E-state index in [1.807, 2.05) is 75.4 Å². The molecule has 3 rings (SSSR count). The summed E-state index contributed by atoms with van der Waals surface area (Å²) in [6, 6.07) is 19.6. The van der Waals surface area contributed by atoms with Gasteiger partial charge in [-0.3, -0.25) is 4.79 Å². The van der Waals surface area contributed by atoms with Crippen molar-refractivity contribution in [1.82, 2.24) is 4.98 Å². The summed E-state index contributed by atoms with van der Waals surface area (Å²) in [7, 11) is 0. The minimum absolute atomic E-state index is 0.139. The zero-order valence-corrected chi connectivity index (χ0v) is 17.4. The first-order valence-electron chi connectivity index (χ1n) is 9.20. The van der Waals surface area contributed by atoms with Gasteiger partial charge in [0.05, 0.1) is 11.3 Å². The Hall–Kier alpha value is -3.30. The summed E-state index contributed by atoms with van der Waals surface area (Å²) in [6.07, 6.45) is 0. The van der Waals surface area contributed by atoms with E-state index in [2.05, 4.69) is 21.7 Å². The van der Waals surface area contributed by atoms with Crippen molar-refractivity contribution in [2.24, 2.45) is 0 Å². The standard InChI is InChI=1S/C23H22N4OS/c1-15-16(2)21(13-24)23(25-17(15)3)29-14-22(28)27-20-11-9-19(10-12-20)26-18-7-5-4-6-8-18/h4-12,26H,14H2,1-3H3,(H,27,28). The molecule has 2 N–H and O–H groups in total. The molecule has 0 saturated heterocycles. The van der Waals surface area contributed by atoms with Gasteiger partial charge in [0.25, 0.3) is 0 Å². The number of pyridine rings is 1. The van der Waals surface area contributed by atoms with E-state index in [1.54, 1.807) is 0 Å². The molecule has 0 aliphatic rings. The van der Waals surface area contributed by atoms with Crippen LogP contribution < -0.4 is 10.6 Å². The Morgan fingerprint density at radius 1 is 0.966 bits per heavy atom. The van der Waals surface area contributed by atoms with Gasteiger partial charge in [-0.25, -0.2) is 4.98 Å². The Bertz CT molecular complexity index is 1060. The van der Waals surface area contributed by atoms with E-state index in [-0.39, 0.29) is 11.7 Å². The van der Waals surface area contributed by atoms with Crippen molar-refractivity contribution in [1.29, 1.82) is 5.26 Å². The van der Waals surface area contributed by atoms with E-state index < -0.39 is 0 Å². The monoisotopic (exact) mass is 402 g/mol. The smallest absolute Gasteiger partial charge is 0.234 e. The van der Waals surface area contributed by atoms with Crippen LogP contribution in [0.1, 0.15) is 22.4 Å². The second-order valence-electron chi connectivity index (χ2n) is 6.64. The van der Waals surface area contributed by atoms with Crippen LogP contribution in [0, 0.1) is 32.1 Å². The third-order valence-electron chi connectivity index (χ3n) is 4.65. The first-order valence-corrected chi connectivity index (χ1v) is 10.2. The van der Waals surface area contributed by atoms with Crippen LogP contribution in [-0.2, 0) is 4.79 Å². The molecule has 1 aromatic heterocycles. The topological polar surface area (TPSA) is 77.8 Å². The van der Waals surface area contributed by atoms with Crippen molar-refractivity contribution < 1.29 is 4.79 Å². The molecule has 0 fully saturated rings. The number of anilines is 3. The van der Waals surface area contributed by atoms with E-state index >= 15 is 0 Å². The van der Waals surface area contributed by atoms with Crippen molar-refractivity contribution in [2.75, 3.05) is 16.4 Å². The Morgan fingerprint density at radius 2 is 1.59 bits per heavy atom. The maximum absolute atomic E-state index is 12.3. The lowest BCUT2D eigenvalue weighted by atomic mass is 10.1. The normalized spacial score (nSPS) is 10.3. The average Bonchev–Trinajstić information content (AvgIpc) is 2.73. The highest BCUT2D eigenvalue weighted by Gasteiger charge is 2.14. The van der Waals surface area contributed by atoms with Gasteiger partial charge in [0.15, 0.2) is 0 Å². The van der Waals surface area contributed by atoms with E-state index in [9.17, 15) is 10.1 Å². The number of aromatic nitrogens is 1. The number of carbonyl (C=O) groups excluding carboxylic acids is 1. The molecule has 0 aliphatic carbocycles. The molecular weight excluding hydrogens is 380 g/mol. The average molecular weight is 403 g/mol. The summed E-state index contributed by atoms with van der Waals surface area (Å²) in [6.45, 7) is 5.78. The van der Waals surface area contributed by atoms with Crippen LogP contribution in [0.15, 0.2) is 59.6 Å². The molecule has 146 valence electrons. The highest BCUT2D eigenvalue weighted by molar-refractivity contribution is 8.00. The summed E-state index contributed by atoms with van der Waals surface area (Å²) in [4.78, 5) is 16.8. The van der Waals surface area contributed by atoms with Crippen LogP contribution in [0.4, 0.5) is 17.1 Å². The number of thioether (sulfide) groups is 1. The van der Waals surface area contributed by atoms with Gasteiger partial charge in [-0.1, -0.05) is 30.0 Å². The molecule has 1 heterocycles. The van der Waals surface area contributed by atoms with Crippen LogP contribution in [0.5, 0.6) is 0 Å². The maximum atomic E-state index is 12.3. The third kappa shape index (κ3) is 5.15. The summed E-state index contributed by atoms with van der Waals surface area (Å²) >= 11 is 1.28. The summed E-state index contributed by atoms with van der Waals surface area (Å²) < 4.78 is 0. The molecule has 5 nitrogen and oxygen atoms in total. The first kappa shape index (κ1) is 20.4. The van der Waals surface area contributed by atoms with E-state index in [0.29, 0.717) is 10.6 Å². The van der Waals surface area contributed by atoms with Gasteiger partial charge in [-0.15, -0.1) is 0 Å². The van der Waals surface area contributed by atoms with Crippen LogP contribution >= 0.6 is 11.8 Å². The van der Waals surface area contributed by atoms with Gasteiger partial charge in [0.1, 0.15) is 11.1 Å². The third-order valence-corrected chi connectivity index (χ3v) is 5.62. The van der Waals surface area contributed by atoms with Crippen molar-refractivity contribution in [3.05, 3.63) is 77.0 Å². The Labute approximate surface area is 175 Å². The molecule has 0 bridgehead atoms. The Kier molecular flexibility index (Phi) is 6.53. The molecular formula is C23H22N4OS. The predicted octanol–water partition coefficient (Wildman–Crippen LogP) is 5.35. The molecule has 0 saturated carbocycles. The Balaban J connectivity index is 1.60. The van der Waals surface area contributed by atoms with Crippen molar-refractivity contribution in [3.63, 3.8) is 0 Å².